The molecule has 0 radical (unpaired) electrons. The summed E-state index contributed by atoms with van der Waals surface area (Å²) in [6.07, 6.45) is 10.4. The lowest BCUT2D eigenvalue weighted by Crippen LogP contribution is -2.48. The van der Waals surface area contributed by atoms with Crippen LogP contribution >= 0.6 is 24.0 Å². The lowest BCUT2D eigenvalue weighted by Gasteiger charge is -2.35. The number of nitrogens with zero attached hydrogens (tertiary/aromatic N) is 2. The SMILES string of the molecule is CN=C(NCC1CCC(c2ccccc2)CC1)N1CCC(OCC2CCCO2)CC1.I. The minimum absolute atomic E-state index is 0. The molecule has 6 heteroatoms. The standard InChI is InChI=1S/C25H39N3O2.HI/c1-26-25(28-15-13-23(14-16-28)30-19-24-8-5-17-29-24)27-18-20-9-11-22(12-10-20)21-6-3-2-4-7-21;/h2-4,6-7,20,22-24H,5,8-19H2,1H3,(H,26,27);1H. The number of rotatable bonds is 6. The van der Waals surface area contributed by atoms with Crippen molar-refractivity contribution in [2.24, 2.45) is 10.9 Å². The minimum atomic E-state index is 0. The van der Waals surface area contributed by atoms with E-state index in [2.05, 4.69) is 45.5 Å². The van der Waals surface area contributed by atoms with Crippen LogP contribution in [0.15, 0.2) is 35.3 Å². The Hall–Kier alpha value is -0.860. The van der Waals surface area contributed by atoms with E-state index in [1.165, 1.54) is 37.7 Å². The topological polar surface area (TPSA) is 46.1 Å². The number of halogens is 1. The second-order valence-electron chi connectivity index (χ2n) is 9.21. The van der Waals surface area contributed by atoms with Gasteiger partial charge in [0.25, 0.3) is 0 Å². The van der Waals surface area contributed by atoms with E-state index in [0.717, 1.165) is 69.9 Å². The zero-order valence-electron chi connectivity index (χ0n) is 19.0. The summed E-state index contributed by atoms with van der Waals surface area (Å²) in [4.78, 5) is 6.97. The third kappa shape index (κ3) is 7.32. The summed E-state index contributed by atoms with van der Waals surface area (Å²) in [7, 11) is 1.91. The Morgan fingerprint density at radius 2 is 1.81 bits per heavy atom. The number of nitrogens with one attached hydrogen (secondary N) is 1. The molecule has 1 N–H and O–H groups in total. The van der Waals surface area contributed by atoms with Crippen molar-refractivity contribution in [3.8, 4) is 0 Å². The minimum Gasteiger partial charge on any atom is -0.376 e. The van der Waals surface area contributed by atoms with E-state index in [1.807, 2.05) is 7.05 Å². The molecule has 174 valence electrons. The average molecular weight is 542 g/mol. The van der Waals surface area contributed by atoms with E-state index in [-0.39, 0.29) is 24.0 Å². The van der Waals surface area contributed by atoms with E-state index >= 15 is 0 Å². The van der Waals surface area contributed by atoms with Gasteiger partial charge in [0.1, 0.15) is 0 Å². The smallest absolute Gasteiger partial charge is 0.193 e. The highest BCUT2D eigenvalue weighted by molar-refractivity contribution is 14.0. The predicted octanol–water partition coefficient (Wildman–Crippen LogP) is 4.81. The number of piperidine rings is 1. The van der Waals surface area contributed by atoms with Crippen molar-refractivity contribution < 1.29 is 9.47 Å². The molecule has 0 bridgehead atoms. The Morgan fingerprint density at radius 1 is 1.06 bits per heavy atom. The quantitative estimate of drug-likeness (QED) is 0.319. The maximum Gasteiger partial charge on any atom is 0.193 e. The summed E-state index contributed by atoms with van der Waals surface area (Å²) >= 11 is 0. The van der Waals surface area contributed by atoms with Crippen molar-refractivity contribution in [2.75, 3.05) is 39.9 Å². The van der Waals surface area contributed by atoms with Crippen molar-refractivity contribution in [3.05, 3.63) is 35.9 Å². The zero-order valence-corrected chi connectivity index (χ0v) is 21.3. The van der Waals surface area contributed by atoms with Crippen LogP contribution in [0, 0.1) is 5.92 Å². The molecule has 1 aromatic rings. The maximum atomic E-state index is 6.12. The van der Waals surface area contributed by atoms with Gasteiger partial charge in [0, 0.05) is 33.3 Å². The first-order chi connectivity index (χ1) is 14.8. The molecule has 2 saturated heterocycles. The fraction of sp³-hybridized carbons (Fsp3) is 0.720. The largest absolute Gasteiger partial charge is 0.376 e. The van der Waals surface area contributed by atoms with Crippen LogP contribution in [-0.2, 0) is 9.47 Å². The highest BCUT2D eigenvalue weighted by atomic mass is 127. The van der Waals surface area contributed by atoms with Gasteiger partial charge in [-0.05, 0) is 68.8 Å². The van der Waals surface area contributed by atoms with Crippen LogP contribution in [0.25, 0.3) is 0 Å². The van der Waals surface area contributed by atoms with E-state index in [4.69, 9.17) is 9.47 Å². The Kier molecular flexibility index (Phi) is 10.4. The summed E-state index contributed by atoms with van der Waals surface area (Å²) < 4.78 is 11.8. The summed E-state index contributed by atoms with van der Waals surface area (Å²) in [5.41, 5.74) is 1.52. The normalized spacial score (nSPS) is 27.7. The van der Waals surface area contributed by atoms with E-state index < -0.39 is 0 Å². The molecule has 3 fully saturated rings. The van der Waals surface area contributed by atoms with Gasteiger partial charge >= 0.3 is 0 Å². The number of guanidine groups is 1. The molecule has 31 heavy (non-hydrogen) atoms. The van der Waals surface area contributed by atoms with Crippen molar-refractivity contribution >= 4 is 29.9 Å². The van der Waals surface area contributed by atoms with Gasteiger partial charge in [-0.2, -0.15) is 0 Å². The van der Waals surface area contributed by atoms with Crippen LogP contribution in [0.1, 0.15) is 62.8 Å². The van der Waals surface area contributed by atoms with Crippen LogP contribution < -0.4 is 5.32 Å². The number of likely N-dealkylation sites (tertiary alicyclic amines) is 1. The third-order valence-electron chi connectivity index (χ3n) is 7.16. The van der Waals surface area contributed by atoms with Crippen LogP contribution in [-0.4, -0.2) is 63.0 Å². The second kappa shape index (κ2) is 13.0. The Bertz CT molecular complexity index is 650. The van der Waals surface area contributed by atoms with Crippen LogP contribution in [0.4, 0.5) is 0 Å². The van der Waals surface area contributed by atoms with Gasteiger partial charge in [-0.15, -0.1) is 24.0 Å². The molecule has 3 aliphatic rings. The first kappa shape index (κ1) is 24.8. The maximum absolute atomic E-state index is 6.12. The molecule has 1 saturated carbocycles. The molecule has 1 unspecified atom stereocenters. The van der Waals surface area contributed by atoms with Gasteiger partial charge in [-0.1, -0.05) is 30.3 Å². The fourth-order valence-electron chi connectivity index (χ4n) is 5.25. The monoisotopic (exact) mass is 541 g/mol. The second-order valence-corrected chi connectivity index (χ2v) is 9.21. The third-order valence-corrected chi connectivity index (χ3v) is 7.16. The van der Waals surface area contributed by atoms with Gasteiger partial charge in [0.15, 0.2) is 5.96 Å². The van der Waals surface area contributed by atoms with Gasteiger partial charge in [0.2, 0.25) is 0 Å². The molecule has 0 amide bonds. The Balaban J connectivity index is 0.00000272. The summed E-state index contributed by atoms with van der Waals surface area (Å²) in [6, 6.07) is 11.0. The van der Waals surface area contributed by atoms with Gasteiger partial charge in [-0.3, -0.25) is 4.99 Å². The van der Waals surface area contributed by atoms with Crippen LogP contribution in [0.2, 0.25) is 0 Å². The van der Waals surface area contributed by atoms with Gasteiger partial charge < -0.3 is 19.7 Å². The number of aliphatic imine (C=N–C) groups is 1. The van der Waals surface area contributed by atoms with E-state index in [1.54, 1.807) is 0 Å². The Labute approximate surface area is 205 Å². The molecule has 4 rings (SSSR count). The van der Waals surface area contributed by atoms with Gasteiger partial charge in [-0.25, -0.2) is 0 Å². The molecular formula is C25H40IN3O2. The summed E-state index contributed by atoms with van der Waals surface area (Å²) in [5, 5.41) is 3.67. The number of hydrogen-bond donors (Lipinski definition) is 1. The van der Waals surface area contributed by atoms with Crippen molar-refractivity contribution in [1.82, 2.24) is 10.2 Å². The molecule has 2 aliphatic heterocycles. The highest BCUT2D eigenvalue weighted by Crippen LogP contribution is 2.35. The Morgan fingerprint density at radius 3 is 2.45 bits per heavy atom. The summed E-state index contributed by atoms with van der Waals surface area (Å²) in [6.45, 7) is 4.77. The molecule has 1 aromatic carbocycles. The molecule has 5 nitrogen and oxygen atoms in total. The first-order valence-electron chi connectivity index (χ1n) is 12.1. The zero-order chi connectivity index (χ0) is 20.6. The molecular weight excluding hydrogens is 501 g/mol. The predicted molar refractivity (Wildman–Crippen MR) is 137 cm³/mol. The fourth-order valence-corrected chi connectivity index (χ4v) is 5.25. The van der Waals surface area contributed by atoms with E-state index in [0.29, 0.717) is 12.2 Å². The molecule has 0 aromatic heterocycles. The first-order valence-corrected chi connectivity index (χ1v) is 12.1. The average Bonchev–Trinajstić information content (AvgIpc) is 3.34. The molecule has 1 atom stereocenters. The number of ether oxygens (including phenoxy) is 2. The van der Waals surface area contributed by atoms with Crippen molar-refractivity contribution in [3.63, 3.8) is 0 Å². The van der Waals surface area contributed by atoms with E-state index in [9.17, 15) is 0 Å². The van der Waals surface area contributed by atoms with Crippen molar-refractivity contribution in [1.29, 1.82) is 0 Å². The lowest BCUT2D eigenvalue weighted by atomic mass is 9.79. The van der Waals surface area contributed by atoms with Gasteiger partial charge in [0.05, 0.1) is 18.8 Å². The highest BCUT2D eigenvalue weighted by Gasteiger charge is 2.26. The molecule has 1 aliphatic carbocycles. The number of benzene rings is 1. The lowest BCUT2D eigenvalue weighted by molar-refractivity contribution is -0.0367. The number of hydrogen-bond acceptors (Lipinski definition) is 3. The summed E-state index contributed by atoms with van der Waals surface area (Å²) in [5.74, 6) is 2.57. The van der Waals surface area contributed by atoms with Crippen molar-refractivity contribution in [2.45, 2.75) is 69.5 Å². The van der Waals surface area contributed by atoms with Crippen LogP contribution in [0.5, 0.6) is 0 Å². The molecule has 2 heterocycles. The molecule has 0 spiro atoms. The van der Waals surface area contributed by atoms with Crippen LogP contribution in [0.3, 0.4) is 0 Å².